The van der Waals surface area contributed by atoms with Crippen LogP contribution < -0.4 is 10.1 Å². The third kappa shape index (κ3) is 8.74. The lowest BCUT2D eigenvalue weighted by Gasteiger charge is -2.16. The first-order valence-corrected chi connectivity index (χ1v) is 12.1. The molecular formula is C29H33NO6. The van der Waals surface area contributed by atoms with Gasteiger partial charge in [0.15, 0.2) is 6.10 Å². The summed E-state index contributed by atoms with van der Waals surface area (Å²) in [5.74, 6) is 0.367. The van der Waals surface area contributed by atoms with Crippen molar-refractivity contribution in [1.29, 1.82) is 0 Å². The Bertz CT molecular complexity index is 1080. The number of hydrogen-bond donors (Lipinski definition) is 1. The van der Waals surface area contributed by atoms with Gasteiger partial charge < -0.3 is 18.9 Å². The summed E-state index contributed by atoms with van der Waals surface area (Å²) >= 11 is 0. The molecule has 1 N–H and O–H groups in total. The van der Waals surface area contributed by atoms with Gasteiger partial charge in [-0.1, -0.05) is 60.7 Å². The predicted octanol–water partition coefficient (Wildman–Crippen LogP) is 5.57. The number of carbonyl (C=O) groups is 2. The molecule has 0 aliphatic heterocycles. The number of carbonyl (C=O) groups excluding carboxylic acids is 2. The van der Waals surface area contributed by atoms with Crippen molar-refractivity contribution in [3.05, 3.63) is 95.6 Å². The molecule has 0 radical (unpaired) electrons. The molecule has 0 fully saturated rings. The third-order valence-electron chi connectivity index (χ3n) is 5.37. The minimum Gasteiger partial charge on any atom is -0.493 e. The summed E-state index contributed by atoms with van der Waals surface area (Å²) in [4.78, 5) is 24.3. The second-order valence-electron chi connectivity index (χ2n) is 7.99. The van der Waals surface area contributed by atoms with Crippen molar-refractivity contribution in [2.75, 3.05) is 25.1 Å². The molecule has 3 rings (SSSR count). The van der Waals surface area contributed by atoms with Crippen LogP contribution in [0.5, 0.6) is 5.75 Å². The lowest BCUT2D eigenvalue weighted by molar-refractivity contribution is -0.156. The van der Waals surface area contributed by atoms with Gasteiger partial charge in [-0.3, -0.25) is 5.32 Å². The molecule has 0 aromatic heterocycles. The van der Waals surface area contributed by atoms with E-state index in [0.717, 1.165) is 22.4 Å². The van der Waals surface area contributed by atoms with Crippen LogP contribution in [0.4, 0.5) is 10.5 Å². The zero-order chi connectivity index (χ0) is 25.6. The summed E-state index contributed by atoms with van der Waals surface area (Å²) < 4.78 is 21.9. The molecule has 0 spiro atoms. The molecule has 7 nitrogen and oxygen atoms in total. The van der Waals surface area contributed by atoms with E-state index < -0.39 is 12.2 Å². The summed E-state index contributed by atoms with van der Waals surface area (Å²) in [5.41, 5.74) is 3.52. The molecule has 3 aromatic carbocycles. The van der Waals surface area contributed by atoms with E-state index >= 15 is 0 Å². The van der Waals surface area contributed by atoms with Crippen molar-refractivity contribution in [2.45, 2.75) is 39.4 Å². The zero-order valence-corrected chi connectivity index (χ0v) is 20.8. The normalized spacial score (nSPS) is 11.4. The Morgan fingerprint density at radius 3 is 2.25 bits per heavy atom. The second kappa shape index (κ2) is 14.5. The molecule has 0 heterocycles. The van der Waals surface area contributed by atoms with E-state index in [0.29, 0.717) is 38.3 Å². The standard InChI is InChI=1S/C29H33NO6/c1-3-33-27(28(31)34-4-2)20-22-14-16-25(17-15-22)35-19-18-24-12-8-9-13-26(24)30-29(32)36-21-23-10-6-5-7-11-23/h5-17,27H,3-4,18-21H2,1-2H3,(H,30,32)/t27-/m0/s1. The number of ether oxygens (including phenoxy) is 4. The van der Waals surface area contributed by atoms with Crippen LogP contribution in [0.2, 0.25) is 0 Å². The Morgan fingerprint density at radius 2 is 1.53 bits per heavy atom. The van der Waals surface area contributed by atoms with Gasteiger partial charge in [0.05, 0.1) is 13.2 Å². The minimum absolute atomic E-state index is 0.207. The van der Waals surface area contributed by atoms with E-state index in [1.54, 1.807) is 6.92 Å². The molecule has 1 amide bonds. The summed E-state index contributed by atoms with van der Waals surface area (Å²) in [7, 11) is 0. The number of anilines is 1. The SMILES string of the molecule is CCOC(=O)[C@H](Cc1ccc(OCCc2ccccc2NC(=O)OCc2ccccc2)cc1)OCC. The first kappa shape index (κ1) is 26.8. The molecule has 0 unspecified atom stereocenters. The van der Waals surface area contributed by atoms with Crippen molar-refractivity contribution >= 4 is 17.7 Å². The van der Waals surface area contributed by atoms with E-state index in [1.165, 1.54) is 0 Å². The number of para-hydroxylation sites is 1. The Kier molecular flexibility index (Phi) is 10.8. The van der Waals surface area contributed by atoms with Crippen LogP contribution in [0.15, 0.2) is 78.9 Å². The molecule has 0 saturated heterocycles. The number of rotatable bonds is 13. The Labute approximate surface area is 212 Å². The van der Waals surface area contributed by atoms with Crippen molar-refractivity contribution in [1.82, 2.24) is 0 Å². The maximum atomic E-state index is 12.3. The van der Waals surface area contributed by atoms with Crippen LogP contribution in [-0.2, 0) is 38.5 Å². The van der Waals surface area contributed by atoms with E-state index in [9.17, 15) is 9.59 Å². The maximum absolute atomic E-state index is 12.3. The number of nitrogens with one attached hydrogen (secondary N) is 1. The molecule has 7 heteroatoms. The fourth-order valence-corrected chi connectivity index (χ4v) is 3.59. The molecule has 1 atom stereocenters. The van der Waals surface area contributed by atoms with Gasteiger partial charge >= 0.3 is 12.1 Å². The van der Waals surface area contributed by atoms with Gasteiger partial charge in [-0.25, -0.2) is 9.59 Å². The highest BCUT2D eigenvalue weighted by atomic mass is 16.6. The molecule has 0 saturated carbocycles. The largest absolute Gasteiger partial charge is 0.493 e. The number of esters is 1. The van der Waals surface area contributed by atoms with Crippen molar-refractivity contribution in [2.24, 2.45) is 0 Å². The highest BCUT2D eigenvalue weighted by molar-refractivity contribution is 5.85. The first-order chi connectivity index (χ1) is 17.6. The average molecular weight is 492 g/mol. The highest BCUT2D eigenvalue weighted by Crippen LogP contribution is 2.19. The lowest BCUT2D eigenvalue weighted by atomic mass is 10.1. The topological polar surface area (TPSA) is 83.1 Å². The number of amides is 1. The third-order valence-corrected chi connectivity index (χ3v) is 5.37. The van der Waals surface area contributed by atoms with Gasteiger partial charge in [0.1, 0.15) is 12.4 Å². The summed E-state index contributed by atoms with van der Waals surface area (Å²) in [6.45, 7) is 5.03. The maximum Gasteiger partial charge on any atom is 0.411 e. The van der Waals surface area contributed by atoms with Crippen LogP contribution in [0, 0.1) is 0 Å². The fraction of sp³-hybridized carbons (Fsp3) is 0.310. The summed E-state index contributed by atoms with van der Waals surface area (Å²) in [5, 5.41) is 2.82. The quantitative estimate of drug-likeness (QED) is 0.315. The van der Waals surface area contributed by atoms with Gasteiger partial charge in [-0.05, 0) is 48.7 Å². The van der Waals surface area contributed by atoms with E-state index in [1.807, 2.05) is 85.8 Å². The van der Waals surface area contributed by atoms with Crippen LogP contribution in [0.25, 0.3) is 0 Å². The van der Waals surface area contributed by atoms with E-state index in [2.05, 4.69) is 5.32 Å². The van der Waals surface area contributed by atoms with Gasteiger partial charge in [0.25, 0.3) is 0 Å². The molecule has 0 bridgehead atoms. The molecule has 3 aromatic rings. The zero-order valence-electron chi connectivity index (χ0n) is 20.8. The van der Waals surface area contributed by atoms with Crippen molar-refractivity contribution < 1.29 is 28.5 Å². The van der Waals surface area contributed by atoms with Crippen LogP contribution >= 0.6 is 0 Å². The van der Waals surface area contributed by atoms with Gasteiger partial charge in [-0.15, -0.1) is 0 Å². The van der Waals surface area contributed by atoms with Crippen molar-refractivity contribution in [3.63, 3.8) is 0 Å². The molecular weight excluding hydrogens is 458 g/mol. The van der Waals surface area contributed by atoms with E-state index in [-0.39, 0.29) is 12.6 Å². The first-order valence-electron chi connectivity index (χ1n) is 12.1. The number of benzene rings is 3. The smallest absolute Gasteiger partial charge is 0.411 e. The van der Waals surface area contributed by atoms with Crippen LogP contribution in [-0.4, -0.2) is 38.0 Å². The molecule has 190 valence electrons. The number of hydrogen-bond acceptors (Lipinski definition) is 6. The van der Waals surface area contributed by atoms with Crippen LogP contribution in [0.1, 0.15) is 30.5 Å². The lowest BCUT2D eigenvalue weighted by Crippen LogP contribution is -2.28. The monoisotopic (exact) mass is 491 g/mol. The molecule has 36 heavy (non-hydrogen) atoms. The predicted molar refractivity (Wildman–Crippen MR) is 138 cm³/mol. The van der Waals surface area contributed by atoms with Crippen molar-refractivity contribution in [3.8, 4) is 5.75 Å². The Morgan fingerprint density at radius 1 is 0.806 bits per heavy atom. The summed E-state index contributed by atoms with van der Waals surface area (Å²) in [6.07, 6.45) is -0.0838. The van der Waals surface area contributed by atoms with E-state index in [4.69, 9.17) is 18.9 Å². The molecule has 0 aliphatic carbocycles. The Balaban J connectivity index is 1.48. The highest BCUT2D eigenvalue weighted by Gasteiger charge is 2.20. The summed E-state index contributed by atoms with van der Waals surface area (Å²) in [6, 6.07) is 24.7. The van der Waals surface area contributed by atoms with Gasteiger partial charge in [-0.2, -0.15) is 0 Å². The second-order valence-corrected chi connectivity index (χ2v) is 7.99. The fourth-order valence-electron chi connectivity index (χ4n) is 3.59. The molecule has 0 aliphatic rings. The van der Waals surface area contributed by atoms with Gasteiger partial charge in [0, 0.05) is 25.1 Å². The van der Waals surface area contributed by atoms with Gasteiger partial charge in [0.2, 0.25) is 0 Å². The average Bonchev–Trinajstić information content (AvgIpc) is 2.90. The minimum atomic E-state index is -0.620. The van der Waals surface area contributed by atoms with Crippen LogP contribution in [0.3, 0.4) is 0 Å². The Hall–Kier alpha value is -3.84.